The minimum absolute atomic E-state index is 0.0505. The largest absolute Gasteiger partial charge is 0.392 e. The Morgan fingerprint density at radius 3 is 2.69 bits per heavy atom. The van der Waals surface area contributed by atoms with E-state index in [0.29, 0.717) is 6.04 Å². The summed E-state index contributed by atoms with van der Waals surface area (Å²) in [6, 6.07) is 0.478. The molecule has 0 amide bonds. The fourth-order valence-electron chi connectivity index (χ4n) is 2.23. The van der Waals surface area contributed by atoms with Crippen molar-refractivity contribution < 1.29 is 9.84 Å². The summed E-state index contributed by atoms with van der Waals surface area (Å²) < 4.78 is 5.57. The molecule has 0 radical (unpaired) electrons. The van der Waals surface area contributed by atoms with Crippen molar-refractivity contribution in [3.05, 3.63) is 0 Å². The van der Waals surface area contributed by atoms with Crippen molar-refractivity contribution >= 4 is 0 Å². The molecule has 0 aliphatic heterocycles. The molecule has 0 heterocycles. The molecule has 0 aromatic heterocycles. The molecule has 2 aliphatic rings. The molecule has 2 aliphatic carbocycles. The average Bonchev–Trinajstić information content (AvgIpc) is 3.05. The summed E-state index contributed by atoms with van der Waals surface area (Å²) in [5, 5.41) is 13.1. The number of rotatable bonds is 7. The van der Waals surface area contributed by atoms with E-state index < -0.39 is 0 Å². The van der Waals surface area contributed by atoms with Crippen LogP contribution in [0.5, 0.6) is 0 Å². The molecule has 2 fully saturated rings. The summed E-state index contributed by atoms with van der Waals surface area (Å²) in [6.45, 7) is 7.10. The maximum Gasteiger partial charge on any atom is 0.0621 e. The number of nitrogens with one attached hydrogen (secondary N) is 1. The second kappa shape index (κ2) is 5.03. The van der Waals surface area contributed by atoms with Gasteiger partial charge in [0.25, 0.3) is 0 Å². The molecule has 3 nitrogen and oxygen atoms in total. The summed E-state index contributed by atoms with van der Waals surface area (Å²) in [5.41, 5.74) is 0.0505. The lowest BCUT2D eigenvalue weighted by Crippen LogP contribution is -2.60. The average molecular weight is 227 g/mol. The Labute approximate surface area is 98.6 Å². The number of hydrogen-bond donors (Lipinski definition) is 2. The van der Waals surface area contributed by atoms with E-state index in [4.69, 9.17) is 4.74 Å². The number of aliphatic hydroxyl groups is 1. The summed E-state index contributed by atoms with van der Waals surface area (Å²) in [5.74, 6) is 0.869. The van der Waals surface area contributed by atoms with E-state index in [1.165, 1.54) is 12.8 Å². The van der Waals surface area contributed by atoms with Crippen molar-refractivity contribution in [2.75, 3.05) is 19.8 Å². The SMILES string of the molecule is CC1(C)C(O)CC1NCCCOCC1CC1. The van der Waals surface area contributed by atoms with Crippen molar-refractivity contribution in [1.82, 2.24) is 5.32 Å². The van der Waals surface area contributed by atoms with E-state index in [2.05, 4.69) is 19.2 Å². The van der Waals surface area contributed by atoms with Gasteiger partial charge in [0.15, 0.2) is 0 Å². The van der Waals surface area contributed by atoms with Gasteiger partial charge < -0.3 is 15.2 Å². The fourth-order valence-corrected chi connectivity index (χ4v) is 2.23. The quantitative estimate of drug-likeness (QED) is 0.648. The van der Waals surface area contributed by atoms with Crippen molar-refractivity contribution in [2.45, 2.75) is 51.7 Å². The molecule has 0 aromatic rings. The van der Waals surface area contributed by atoms with Gasteiger partial charge in [-0.15, -0.1) is 0 Å². The van der Waals surface area contributed by atoms with Crippen LogP contribution in [-0.2, 0) is 4.74 Å². The van der Waals surface area contributed by atoms with Crippen molar-refractivity contribution in [3.63, 3.8) is 0 Å². The van der Waals surface area contributed by atoms with E-state index in [-0.39, 0.29) is 11.5 Å². The lowest BCUT2D eigenvalue weighted by molar-refractivity contribution is -0.0726. The van der Waals surface area contributed by atoms with Gasteiger partial charge in [0, 0.05) is 24.7 Å². The zero-order valence-electron chi connectivity index (χ0n) is 10.5. The molecule has 16 heavy (non-hydrogen) atoms. The summed E-state index contributed by atoms with van der Waals surface area (Å²) >= 11 is 0. The van der Waals surface area contributed by atoms with Gasteiger partial charge >= 0.3 is 0 Å². The zero-order chi connectivity index (χ0) is 11.6. The van der Waals surface area contributed by atoms with Gasteiger partial charge in [0.05, 0.1) is 6.10 Å². The molecule has 0 spiro atoms. The number of ether oxygens (including phenoxy) is 1. The minimum atomic E-state index is -0.129. The predicted octanol–water partition coefficient (Wildman–Crippen LogP) is 1.55. The Hall–Kier alpha value is -0.120. The van der Waals surface area contributed by atoms with Crippen LogP contribution in [0.4, 0.5) is 0 Å². The smallest absolute Gasteiger partial charge is 0.0621 e. The Kier molecular flexibility index (Phi) is 3.88. The molecule has 2 saturated carbocycles. The number of aliphatic hydroxyl groups excluding tert-OH is 1. The van der Waals surface area contributed by atoms with Gasteiger partial charge in [-0.05, 0) is 38.1 Å². The van der Waals surface area contributed by atoms with Crippen LogP contribution in [0.15, 0.2) is 0 Å². The summed E-state index contributed by atoms with van der Waals surface area (Å²) in [7, 11) is 0. The van der Waals surface area contributed by atoms with Crippen LogP contribution < -0.4 is 5.32 Å². The van der Waals surface area contributed by atoms with E-state index >= 15 is 0 Å². The Balaban J connectivity index is 1.45. The maximum absolute atomic E-state index is 9.59. The zero-order valence-corrected chi connectivity index (χ0v) is 10.5. The van der Waals surface area contributed by atoms with Gasteiger partial charge in [0.1, 0.15) is 0 Å². The van der Waals surface area contributed by atoms with Crippen molar-refractivity contribution in [2.24, 2.45) is 11.3 Å². The van der Waals surface area contributed by atoms with Crippen LogP contribution in [-0.4, -0.2) is 37.0 Å². The van der Waals surface area contributed by atoms with Crippen molar-refractivity contribution in [1.29, 1.82) is 0 Å². The van der Waals surface area contributed by atoms with E-state index in [1.54, 1.807) is 0 Å². The monoisotopic (exact) mass is 227 g/mol. The number of hydrogen-bond acceptors (Lipinski definition) is 3. The molecule has 94 valence electrons. The molecule has 2 N–H and O–H groups in total. The standard InChI is InChI=1S/C13H25NO2/c1-13(2)11(8-12(13)15)14-6-3-7-16-9-10-4-5-10/h10-12,14-15H,3-9H2,1-2H3. The van der Waals surface area contributed by atoms with Crippen LogP contribution in [0.3, 0.4) is 0 Å². The molecule has 2 rings (SSSR count). The maximum atomic E-state index is 9.59. The first kappa shape index (κ1) is 12.3. The van der Waals surface area contributed by atoms with Gasteiger partial charge in [-0.2, -0.15) is 0 Å². The van der Waals surface area contributed by atoms with Crippen molar-refractivity contribution in [3.8, 4) is 0 Å². The lowest BCUT2D eigenvalue weighted by atomic mass is 9.64. The summed E-state index contributed by atoms with van der Waals surface area (Å²) in [4.78, 5) is 0. The van der Waals surface area contributed by atoms with E-state index in [0.717, 1.165) is 38.5 Å². The molecule has 0 saturated heterocycles. The Morgan fingerprint density at radius 2 is 2.12 bits per heavy atom. The topological polar surface area (TPSA) is 41.5 Å². The van der Waals surface area contributed by atoms with Crippen LogP contribution in [0.2, 0.25) is 0 Å². The highest BCUT2D eigenvalue weighted by Crippen LogP contribution is 2.40. The van der Waals surface area contributed by atoms with Crippen LogP contribution in [0.25, 0.3) is 0 Å². The first-order valence-corrected chi connectivity index (χ1v) is 6.60. The van der Waals surface area contributed by atoms with Crippen LogP contribution >= 0.6 is 0 Å². The lowest BCUT2D eigenvalue weighted by Gasteiger charge is -2.49. The molecule has 2 atom stereocenters. The van der Waals surface area contributed by atoms with Gasteiger partial charge in [0.2, 0.25) is 0 Å². The normalized spacial score (nSPS) is 32.4. The van der Waals surface area contributed by atoms with Gasteiger partial charge in [-0.3, -0.25) is 0 Å². The Bertz CT molecular complexity index is 226. The molecular formula is C13H25NO2. The molecule has 3 heteroatoms. The molecular weight excluding hydrogens is 202 g/mol. The predicted molar refractivity (Wildman–Crippen MR) is 64.4 cm³/mol. The van der Waals surface area contributed by atoms with E-state index in [1.807, 2.05) is 0 Å². The summed E-state index contributed by atoms with van der Waals surface area (Å²) in [6.07, 6.45) is 4.58. The van der Waals surface area contributed by atoms with Crippen LogP contribution in [0, 0.1) is 11.3 Å². The third-order valence-corrected chi connectivity index (χ3v) is 4.12. The second-order valence-electron chi connectivity index (χ2n) is 5.95. The molecule has 0 bridgehead atoms. The minimum Gasteiger partial charge on any atom is -0.392 e. The molecule has 2 unspecified atom stereocenters. The first-order valence-electron chi connectivity index (χ1n) is 6.60. The first-order chi connectivity index (χ1) is 7.60. The van der Waals surface area contributed by atoms with Gasteiger partial charge in [-0.25, -0.2) is 0 Å². The molecule has 0 aromatic carbocycles. The van der Waals surface area contributed by atoms with Gasteiger partial charge in [-0.1, -0.05) is 13.8 Å². The Morgan fingerprint density at radius 1 is 1.38 bits per heavy atom. The highest BCUT2D eigenvalue weighted by Gasteiger charge is 2.46. The highest BCUT2D eigenvalue weighted by molar-refractivity contribution is 5.01. The third kappa shape index (κ3) is 2.96. The van der Waals surface area contributed by atoms with E-state index in [9.17, 15) is 5.11 Å². The third-order valence-electron chi connectivity index (χ3n) is 4.12. The fraction of sp³-hybridized carbons (Fsp3) is 1.00. The second-order valence-corrected chi connectivity index (χ2v) is 5.95. The highest BCUT2D eigenvalue weighted by atomic mass is 16.5. The van der Waals surface area contributed by atoms with Crippen LogP contribution in [0.1, 0.15) is 39.5 Å².